The summed E-state index contributed by atoms with van der Waals surface area (Å²) in [5.74, 6) is -0.450. The quantitative estimate of drug-likeness (QED) is 0.347. The van der Waals surface area contributed by atoms with Crippen LogP contribution < -0.4 is 21.1 Å². The lowest BCUT2D eigenvalue weighted by Crippen LogP contribution is -2.19. The number of hydrogen-bond acceptors (Lipinski definition) is 7. The number of carbonyl (C=O) groups excluding carboxylic acids is 2. The number of carbonyl (C=O) groups is 2. The number of urea groups is 1. The van der Waals surface area contributed by atoms with Crippen LogP contribution in [-0.4, -0.2) is 31.9 Å². The van der Waals surface area contributed by atoms with Crippen molar-refractivity contribution in [1.82, 2.24) is 19.9 Å². The van der Waals surface area contributed by atoms with Crippen LogP contribution in [0.15, 0.2) is 59.5 Å². The van der Waals surface area contributed by atoms with Gasteiger partial charge >= 0.3 is 6.03 Å². The molecule has 0 fully saturated rings. The normalized spacial score (nSPS) is 11.2. The van der Waals surface area contributed by atoms with E-state index in [9.17, 15) is 14.0 Å². The summed E-state index contributed by atoms with van der Waals surface area (Å²) in [6.07, 6.45) is 4.70. The van der Waals surface area contributed by atoms with E-state index in [1.165, 1.54) is 23.0 Å². The number of nitrogens with zero attached hydrogens (tertiary/aromatic N) is 4. The van der Waals surface area contributed by atoms with Crippen LogP contribution in [0.2, 0.25) is 0 Å². The monoisotopic (exact) mass is 493 g/mol. The minimum absolute atomic E-state index is 0.0484. The average molecular weight is 493 g/mol. The van der Waals surface area contributed by atoms with Crippen molar-refractivity contribution in [3.8, 4) is 22.8 Å². The third kappa shape index (κ3) is 6.03. The molecule has 4 rings (SSSR count). The first-order valence-corrected chi connectivity index (χ1v) is 10.9. The van der Waals surface area contributed by atoms with Crippen molar-refractivity contribution in [1.29, 1.82) is 0 Å². The zero-order valence-electron chi connectivity index (χ0n) is 19.8. The van der Waals surface area contributed by atoms with E-state index in [1.54, 1.807) is 30.6 Å². The van der Waals surface area contributed by atoms with Crippen molar-refractivity contribution < 1.29 is 23.2 Å². The molecule has 0 unspecified atom stereocenters. The van der Waals surface area contributed by atoms with Gasteiger partial charge in [0.25, 0.3) is 0 Å². The third-order valence-corrected chi connectivity index (χ3v) is 4.92. The van der Waals surface area contributed by atoms with Gasteiger partial charge in [0.05, 0.1) is 23.3 Å². The molecule has 0 spiro atoms. The number of hydrogen-bond donors (Lipinski definition) is 3. The van der Waals surface area contributed by atoms with E-state index < -0.39 is 17.8 Å². The summed E-state index contributed by atoms with van der Waals surface area (Å²) in [7, 11) is 0. The Bertz CT molecular complexity index is 1410. The number of benzene rings is 1. The van der Waals surface area contributed by atoms with Gasteiger partial charge in [-0.3, -0.25) is 19.8 Å². The number of nitrogens with one attached hydrogen (secondary N) is 2. The molecule has 36 heavy (non-hydrogen) atoms. The molecule has 0 radical (unpaired) electrons. The third-order valence-electron chi connectivity index (χ3n) is 4.92. The molecule has 3 amide bonds. The molecule has 4 N–H and O–H groups in total. The number of pyridine rings is 1. The summed E-state index contributed by atoms with van der Waals surface area (Å²) >= 11 is 0. The number of ether oxygens (including phenoxy) is 1. The zero-order chi connectivity index (χ0) is 25.9. The lowest BCUT2D eigenvalue weighted by atomic mass is 9.92. The highest BCUT2D eigenvalue weighted by Gasteiger charge is 2.20. The molecule has 0 aliphatic rings. The minimum atomic E-state index is -0.697. The van der Waals surface area contributed by atoms with Crippen LogP contribution in [0.4, 0.5) is 20.8 Å². The fourth-order valence-electron chi connectivity index (χ4n) is 3.12. The van der Waals surface area contributed by atoms with E-state index in [1.807, 2.05) is 20.8 Å². The molecular formula is C24H24FN7O4. The SMILES string of the molecule is CC(C)(C)c1cc(NC(=O)Nc2ccc(Oc3ccnc(-c4cnn(CC(N)=O)c4)c3)cc2F)on1. The van der Waals surface area contributed by atoms with Crippen LogP contribution in [0.25, 0.3) is 11.3 Å². The Morgan fingerprint density at radius 3 is 2.61 bits per heavy atom. The van der Waals surface area contributed by atoms with Crippen molar-refractivity contribution in [3.05, 3.63) is 66.5 Å². The predicted octanol–water partition coefficient (Wildman–Crippen LogP) is 4.29. The fraction of sp³-hybridized carbons (Fsp3) is 0.208. The van der Waals surface area contributed by atoms with E-state index >= 15 is 0 Å². The van der Waals surface area contributed by atoms with Gasteiger partial charge in [0.1, 0.15) is 23.9 Å². The Morgan fingerprint density at radius 2 is 1.92 bits per heavy atom. The van der Waals surface area contributed by atoms with Gasteiger partial charge in [0.15, 0.2) is 0 Å². The number of amides is 3. The summed E-state index contributed by atoms with van der Waals surface area (Å²) in [5.41, 5.74) is 6.75. The number of rotatable bonds is 7. The average Bonchev–Trinajstić information content (AvgIpc) is 3.45. The lowest BCUT2D eigenvalue weighted by Gasteiger charge is -2.12. The highest BCUT2D eigenvalue weighted by molar-refractivity contribution is 5.99. The molecule has 12 heteroatoms. The van der Waals surface area contributed by atoms with Gasteiger partial charge in [0.2, 0.25) is 11.8 Å². The molecule has 1 aromatic carbocycles. The van der Waals surface area contributed by atoms with E-state index in [4.69, 9.17) is 15.0 Å². The molecular weight excluding hydrogens is 469 g/mol. The van der Waals surface area contributed by atoms with Crippen molar-refractivity contribution in [3.63, 3.8) is 0 Å². The Morgan fingerprint density at radius 1 is 1.14 bits per heavy atom. The van der Waals surface area contributed by atoms with Gasteiger partial charge in [-0.05, 0) is 18.2 Å². The van der Waals surface area contributed by atoms with Gasteiger partial charge < -0.3 is 20.3 Å². The standard InChI is InChI=1S/C24H24FN7O4/c1-24(2,3)20-10-22(36-31-20)30-23(34)29-18-5-4-15(8-17(18)25)35-16-6-7-27-19(9-16)14-11-28-32(12-14)13-21(26)33/h4-12H,13H2,1-3H3,(H2,26,33)(H2,29,30,34). The molecule has 186 valence electrons. The lowest BCUT2D eigenvalue weighted by molar-refractivity contribution is -0.118. The van der Waals surface area contributed by atoms with Crippen LogP contribution in [0.5, 0.6) is 11.5 Å². The van der Waals surface area contributed by atoms with Crippen LogP contribution in [-0.2, 0) is 16.8 Å². The summed E-state index contributed by atoms with van der Waals surface area (Å²) in [6, 6.07) is 8.21. The van der Waals surface area contributed by atoms with Gasteiger partial charge in [-0.25, -0.2) is 9.18 Å². The van der Waals surface area contributed by atoms with E-state index in [2.05, 4.69) is 25.9 Å². The van der Waals surface area contributed by atoms with Gasteiger partial charge in [0, 0.05) is 41.6 Å². The van der Waals surface area contributed by atoms with Gasteiger partial charge in [-0.15, -0.1) is 0 Å². The first-order chi connectivity index (χ1) is 17.1. The van der Waals surface area contributed by atoms with Crippen LogP contribution >= 0.6 is 0 Å². The summed E-state index contributed by atoms with van der Waals surface area (Å²) in [6.45, 7) is 5.83. The Hall–Kier alpha value is -4.74. The van der Waals surface area contributed by atoms with E-state index in [0.717, 1.165) is 6.07 Å². The van der Waals surface area contributed by atoms with Crippen molar-refractivity contribution in [2.45, 2.75) is 32.7 Å². The number of halogens is 1. The number of nitrogens with two attached hydrogens (primary N) is 1. The molecule has 3 aromatic heterocycles. The van der Waals surface area contributed by atoms with Crippen molar-refractivity contribution in [2.75, 3.05) is 10.6 Å². The fourth-order valence-corrected chi connectivity index (χ4v) is 3.12. The van der Waals surface area contributed by atoms with E-state index in [-0.39, 0.29) is 29.3 Å². The molecule has 0 bridgehead atoms. The maximum atomic E-state index is 14.6. The van der Waals surface area contributed by atoms with Crippen LogP contribution in [0.1, 0.15) is 26.5 Å². The summed E-state index contributed by atoms with van der Waals surface area (Å²) in [4.78, 5) is 27.6. The smallest absolute Gasteiger partial charge is 0.326 e. The first-order valence-electron chi connectivity index (χ1n) is 10.9. The van der Waals surface area contributed by atoms with E-state index in [0.29, 0.717) is 22.7 Å². The molecule has 0 aliphatic carbocycles. The zero-order valence-corrected chi connectivity index (χ0v) is 19.8. The van der Waals surface area contributed by atoms with Gasteiger partial charge in [-0.1, -0.05) is 25.9 Å². The molecule has 0 saturated carbocycles. The molecule has 4 aromatic rings. The Kier molecular flexibility index (Phi) is 6.68. The summed E-state index contributed by atoms with van der Waals surface area (Å²) < 4.78 is 26.9. The number of anilines is 2. The maximum absolute atomic E-state index is 14.6. The second kappa shape index (κ2) is 9.86. The van der Waals surface area contributed by atoms with Crippen molar-refractivity contribution in [2.24, 2.45) is 5.73 Å². The number of aromatic nitrogens is 4. The molecule has 0 saturated heterocycles. The molecule has 0 aliphatic heterocycles. The predicted molar refractivity (Wildman–Crippen MR) is 129 cm³/mol. The van der Waals surface area contributed by atoms with Crippen LogP contribution in [0.3, 0.4) is 0 Å². The number of primary amides is 1. The molecule has 0 atom stereocenters. The highest BCUT2D eigenvalue weighted by atomic mass is 19.1. The first kappa shape index (κ1) is 24.4. The van der Waals surface area contributed by atoms with Crippen molar-refractivity contribution >= 4 is 23.5 Å². The topological polar surface area (TPSA) is 150 Å². The maximum Gasteiger partial charge on any atom is 0.326 e. The highest BCUT2D eigenvalue weighted by Crippen LogP contribution is 2.28. The van der Waals surface area contributed by atoms with Gasteiger partial charge in [-0.2, -0.15) is 5.10 Å². The molecule has 11 nitrogen and oxygen atoms in total. The second-order valence-electron chi connectivity index (χ2n) is 8.92. The van der Waals surface area contributed by atoms with Crippen LogP contribution in [0, 0.1) is 5.82 Å². The Labute approximate surface area is 205 Å². The largest absolute Gasteiger partial charge is 0.457 e. The molecule has 3 heterocycles. The summed E-state index contributed by atoms with van der Waals surface area (Å²) in [5, 5.41) is 12.9. The second-order valence-corrected chi connectivity index (χ2v) is 8.92. The Balaban J connectivity index is 1.40. The minimum Gasteiger partial charge on any atom is -0.457 e.